The summed E-state index contributed by atoms with van der Waals surface area (Å²) in [6, 6.07) is 8.19. The van der Waals surface area contributed by atoms with Crippen molar-refractivity contribution in [1.82, 2.24) is 4.90 Å². The van der Waals surface area contributed by atoms with Crippen LogP contribution in [0.1, 0.15) is 51.0 Å². The average molecular weight is 444 g/mol. The molecule has 0 saturated carbocycles. The number of anilines is 1. The fraction of sp³-hybridized carbons (Fsp3) is 0.556. The highest BCUT2D eigenvalue weighted by Crippen LogP contribution is 2.20. The Kier molecular flexibility index (Phi) is 9.10. The van der Waals surface area contributed by atoms with Gasteiger partial charge in [-0.05, 0) is 49.3 Å². The molecule has 1 saturated heterocycles. The van der Waals surface area contributed by atoms with E-state index in [1.165, 1.54) is 12.0 Å². The Labute approximate surface area is 162 Å². The van der Waals surface area contributed by atoms with Crippen LogP contribution in [-0.2, 0) is 4.79 Å². The fourth-order valence-electron chi connectivity index (χ4n) is 2.71. The molecule has 0 aromatic heterocycles. The largest absolute Gasteiger partial charge is 0.370 e. The van der Waals surface area contributed by atoms with E-state index < -0.39 is 0 Å². The van der Waals surface area contributed by atoms with E-state index in [1.54, 1.807) is 0 Å². The standard InChI is InChI=1S/C18H28N4O.HI/c1-3-14(2)15-7-9-16(10-8-15)21-18(19)20-13-17(23)22-11-5-4-6-12-22;/h7-10,14H,3-6,11-13H2,1-2H3,(H3,19,20,21);1H. The van der Waals surface area contributed by atoms with Gasteiger partial charge in [0.2, 0.25) is 5.91 Å². The minimum atomic E-state index is 0. The molecule has 1 unspecified atom stereocenters. The van der Waals surface area contributed by atoms with Crippen molar-refractivity contribution in [1.29, 1.82) is 0 Å². The number of nitrogens with zero attached hydrogens (tertiary/aromatic N) is 2. The number of carbonyl (C=O) groups is 1. The third kappa shape index (κ3) is 6.30. The minimum absolute atomic E-state index is 0. The molecule has 0 aliphatic carbocycles. The number of hydrogen-bond donors (Lipinski definition) is 2. The second kappa shape index (κ2) is 10.5. The Balaban J connectivity index is 0.00000288. The number of amides is 1. The highest BCUT2D eigenvalue weighted by molar-refractivity contribution is 14.0. The van der Waals surface area contributed by atoms with Crippen LogP contribution in [0.3, 0.4) is 0 Å². The van der Waals surface area contributed by atoms with E-state index in [-0.39, 0.29) is 42.4 Å². The molecule has 1 heterocycles. The number of rotatable bonds is 5. The number of aliphatic imine (C=N–C) groups is 1. The Hall–Kier alpha value is -1.31. The molecule has 24 heavy (non-hydrogen) atoms. The minimum Gasteiger partial charge on any atom is -0.370 e. The van der Waals surface area contributed by atoms with E-state index in [0.29, 0.717) is 5.92 Å². The monoisotopic (exact) mass is 444 g/mol. The van der Waals surface area contributed by atoms with Crippen LogP contribution < -0.4 is 11.1 Å². The smallest absolute Gasteiger partial charge is 0.244 e. The average Bonchev–Trinajstić information content (AvgIpc) is 2.60. The van der Waals surface area contributed by atoms with Crippen molar-refractivity contribution in [2.75, 3.05) is 25.0 Å². The quantitative estimate of drug-likeness (QED) is 0.415. The third-order valence-corrected chi connectivity index (χ3v) is 4.46. The van der Waals surface area contributed by atoms with E-state index >= 15 is 0 Å². The molecule has 3 N–H and O–H groups in total. The Morgan fingerprint density at radius 1 is 1.25 bits per heavy atom. The van der Waals surface area contributed by atoms with Crippen molar-refractivity contribution < 1.29 is 4.79 Å². The molecule has 2 rings (SSSR count). The zero-order chi connectivity index (χ0) is 16.7. The van der Waals surface area contributed by atoms with Gasteiger partial charge in [-0.2, -0.15) is 0 Å². The summed E-state index contributed by atoms with van der Waals surface area (Å²) < 4.78 is 0. The van der Waals surface area contributed by atoms with Crippen molar-refractivity contribution in [3.8, 4) is 0 Å². The molecule has 5 nitrogen and oxygen atoms in total. The SMILES string of the molecule is CCC(C)c1ccc(NC(N)=NCC(=O)N2CCCCC2)cc1.I. The normalized spacial score (nSPS) is 16.2. The highest BCUT2D eigenvalue weighted by Gasteiger charge is 2.15. The number of guanidine groups is 1. The van der Waals surface area contributed by atoms with Crippen LogP contribution in [-0.4, -0.2) is 36.4 Å². The lowest BCUT2D eigenvalue weighted by Crippen LogP contribution is -2.37. The molecule has 0 radical (unpaired) electrons. The first-order valence-corrected chi connectivity index (χ1v) is 8.54. The molecule has 1 fully saturated rings. The van der Waals surface area contributed by atoms with Crippen molar-refractivity contribution in [2.24, 2.45) is 10.7 Å². The number of benzene rings is 1. The molecule has 0 bridgehead atoms. The van der Waals surface area contributed by atoms with Crippen LogP contribution in [0.2, 0.25) is 0 Å². The van der Waals surface area contributed by atoms with Crippen molar-refractivity contribution in [2.45, 2.75) is 45.4 Å². The number of hydrogen-bond acceptors (Lipinski definition) is 2. The number of likely N-dealkylation sites (tertiary alicyclic amines) is 1. The van der Waals surface area contributed by atoms with Gasteiger partial charge in [0.05, 0.1) is 0 Å². The van der Waals surface area contributed by atoms with Gasteiger partial charge in [0.1, 0.15) is 6.54 Å². The van der Waals surface area contributed by atoms with Crippen molar-refractivity contribution in [3.05, 3.63) is 29.8 Å². The molecule has 1 aliphatic heterocycles. The van der Waals surface area contributed by atoms with Gasteiger partial charge < -0.3 is 16.0 Å². The topological polar surface area (TPSA) is 70.7 Å². The first-order chi connectivity index (χ1) is 11.1. The summed E-state index contributed by atoms with van der Waals surface area (Å²) in [5, 5.41) is 3.04. The summed E-state index contributed by atoms with van der Waals surface area (Å²) in [6.45, 7) is 6.20. The van der Waals surface area contributed by atoms with Crippen LogP contribution in [0.5, 0.6) is 0 Å². The lowest BCUT2D eigenvalue weighted by atomic mass is 9.99. The van der Waals surface area contributed by atoms with E-state index in [0.717, 1.165) is 38.0 Å². The van der Waals surface area contributed by atoms with E-state index in [1.807, 2.05) is 17.0 Å². The van der Waals surface area contributed by atoms with Gasteiger partial charge in [0.25, 0.3) is 0 Å². The lowest BCUT2D eigenvalue weighted by molar-refractivity contribution is -0.130. The number of nitrogens with one attached hydrogen (secondary N) is 1. The number of piperidine rings is 1. The zero-order valence-corrected chi connectivity index (χ0v) is 17.0. The van der Waals surface area contributed by atoms with Gasteiger partial charge >= 0.3 is 0 Å². The Bertz CT molecular complexity index is 538. The molecule has 1 amide bonds. The zero-order valence-electron chi connectivity index (χ0n) is 14.6. The molecular weight excluding hydrogens is 415 g/mol. The number of halogens is 1. The second-order valence-corrected chi connectivity index (χ2v) is 6.20. The van der Waals surface area contributed by atoms with E-state index in [2.05, 4.69) is 36.3 Å². The molecule has 1 atom stereocenters. The Morgan fingerprint density at radius 3 is 2.46 bits per heavy atom. The van der Waals surface area contributed by atoms with Crippen LogP contribution in [0.4, 0.5) is 5.69 Å². The summed E-state index contributed by atoms with van der Waals surface area (Å²) >= 11 is 0. The first kappa shape index (κ1) is 20.7. The summed E-state index contributed by atoms with van der Waals surface area (Å²) in [6.07, 6.45) is 4.51. The molecule has 1 aromatic carbocycles. The maximum absolute atomic E-state index is 12.0. The van der Waals surface area contributed by atoms with Crippen LogP contribution in [0.15, 0.2) is 29.3 Å². The lowest BCUT2D eigenvalue weighted by Gasteiger charge is -2.26. The van der Waals surface area contributed by atoms with Gasteiger partial charge in [0.15, 0.2) is 5.96 Å². The number of carbonyl (C=O) groups excluding carboxylic acids is 1. The van der Waals surface area contributed by atoms with Crippen molar-refractivity contribution >= 4 is 41.5 Å². The summed E-state index contributed by atoms with van der Waals surface area (Å²) in [5.41, 5.74) is 8.08. The van der Waals surface area contributed by atoms with Crippen LogP contribution >= 0.6 is 24.0 Å². The first-order valence-electron chi connectivity index (χ1n) is 8.54. The van der Waals surface area contributed by atoms with Crippen LogP contribution in [0.25, 0.3) is 0 Å². The van der Waals surface area contributed by atoms with E-state index in [9.17, 15) is 4.79 Å². The molecule has 134 valence electrons. The molecule has 0 spiro atoms. The molecular formula is C18H29IN4O. The maximum atomic E-state index is 12.0. The molecule has 1 aromatic rings. The molecule has 6 heteroatoms. The summed E-state index contributed by atoms with van der Waals surface area (Å²) in [5.74, 6) is 0.894. The summed E-state index contributed by atoms with van der Waals surface area (Å²) in [7, 11) is 0. The maximum Gasteiger partial charge on any atom is 0.244 e. The second-order valence-electron chi connectivity index (χ2n) is 6.20. The number of nitrogens with two attached hydrogens (primary N) is 1. The van der Waals surface area contributed by atoms with Gasteiger partial charge in [-0.25, -0.2) is 4.99 Å². The van der Waals surface area contributed by atoms with Gasteiger partial charge in [-0.15, -0.1) is 24.0 Å². The van der Waals surface area contributed by atoms with Gasteiger partial charge in [-0.1, -0.05) is 26.0 Å². The summed E-state index contributed by atoms with van der Waals surface area (Å²) in [4.78, 5) is 18.1. The van der Waals surface area contributed by atoms with Gasteiger partial charge in [0, 0.05) is 18.8 Å². The highest BCUT2D eigenvalue weighted by atomic mass is 127. The predicted molar refractivity (Wildman–Crippen MR) is 111 cm³/mol. The van der Waals surface area contributed by atoms with Gasteiger partial charge in [-0.3, -0.25) is 4.79 Å². The fourth-order valence-corrected chi connectivity index (χ4v) is 2.71. The van der Waals surface area contributed by atoms with E-state index in [4.69, 9.17) is 5.73 Å². The third-order valence-electron chi connectivity index (χ3n) is 4.46. The Morgan fingerprint density at radius 2 is 1.88 bits per heavy atom. The van der Waals surface area contributed by atoms with Crippen molar-refractivity contribution in [3.63, 3.8) is 0 Å². The molecule has 1 aliphatic rings. The van der Waals surface area contributed by atoms with Crippen LogP contribution in [0, 0.1) is 0 Å². The predicted octanol–water partition coefficient (Wildman–Crippen LogP) is 3.56.